The number of unbranched alkanes of at least 4 members (excludes halogenated alkanes) is 1. The van der Waals surface area contributed by atoms with Crippen LogP contribution in [0.2, 0.25) is 0 Å². The molecule has 0 aliphatic rings. The van der Waals surface area contributed by atoms with E-state index in [-0.39, 0.29) is 28.9 Å². The fraction of sp³-hybridized carbons (Fsp3) is 1.00. The molecule has 0 saturated heterocycles. The Morgan fingerprint density at radius 3 is 1.86 bits per heavy atom. The molecule has 6 nitrogen and oxygen atoms in total. The van der Waals surface area contributed by atoms with E-state index < -0.39 is 21.4 Å². The van der Waals surface area contributed by atoms with Gasteiger partial charge in [0.05, 0.1) is 0 Å². The van der Waals surface area contributed by atoms with Gasteiger partial charge in [-0.3, -0.25) is 0 Å². The topological polar surface area (TPSA) is 113 Å². The van der Waals surface area contributed by atoms with E-state index in [1.807, 2.05) is 0 Å². The summed E-state index contributed by atoms with van der Waals surface area (Å²) in [4.78, 5) is 30.9. The zero-order chi connectivity index (χ0) is 10.5. The predicted octanol–water partition coefficient (Wildman–Crippen LogP) is -0.259. The van der Waals surface area contributed by atoms with Crippen LogP contribution in [-0.2, 0) is 13.7 Å². The fourth-order valence-electron chi connectivity index (χ4n) is 0.702. The Morgan fingerprint density at radius 2 is 1.50 bits per heavy atom. The van der Waals surface area contributed by atoms with Crippen LogP contribution in [0.15, 0.2) is 0 Å². The van der Waals surface area contributed by atoms with E-state index in [0.29, 0.717) is 0 Å². The first kappa shape index (κ1) is 17.1. The van der Waals surface area contributed by atoms with Gasteiger partial charge in [0, 0.05) is 13.3 Å². The van der Waals surface area contributed by atoms with Crippen molar-refractivity contribution in [2.45, 2.75) is 12.8 Å². The first-order chi connectivity index (χ1) is 5.77. The zero-order valence-corrected chi connectivity index (χ0v) is 10.3. The SMILES string of the molecule is COP(=O)([O-])CCCCP(=O)([O-])[O-].[P+3]. The third-order valence-electron chi connectivity index (χ3n) is 1.39. The summed E-state index contributed by atoms with van der Waals surface area (Å²) in [6.45, 7) is 0. The zero-order valence-electron chi connectivity index (χ0n) is 7.62. The first-order valence-electron chi connectivity index (χ1n) is 3.64. The monoisotopic (exact) mass is 260 g/mol. The molecule has 0 aromatic rings. The Hall–Kier alpha value is 0.730. The maximum Gasteiger partial charge on any atom is 3.00 e. The van der Waals surface area contributed by atoms with Gasteiger partial charge in [0.1, 0.15) is 7.60 Å². The molecule has 0 aromatic heterocycles. The van der Waals surface area contributed by atoms with Crippen molar-refractivity contribution in [2.75, 3.05) is 19.4 Å². The van der Waals surface area contributed by atoms with Crippen molar-refractivity contribution >= 4 is 25.1 Å². The van der Waals surface area contributed by atoms with Gasteiger partial charge in [0.2, 0.25) is 0 Å². The third-order valence-corrected chi connectivity index (χ3v) is 3.68. The first-order valence-corrected chi connectivity index (χ1v) is 7.09. The fourth-order valence-corrected chi connectivity index (χ4v) is 2.11. The van der Waals surface area contributed by atoms with Crippen molar-refractivity contribution < 1.29 is 28.3 Å². The van der Waals surface area contributed by atoms with E-state index in [1.54, 1.807) is 0 Å². The third kappa shape index (κ3) is 10.8. The minimum atomic E-state index is -4.49. The standard InChI is InChI=1S/C5H14O6P2.P/c1-11-13(9,10)5-3-2-4-12(6,7)8;/h2-5H2,1H3,(H,9,10)(H2,6,7,8);/q;+3/p-3. The molecule has 0 N–H and O–H groups in total. The Labute approximate surface area is 86.4 Å². The maximum atomic E-state index is 10.7. The second-order valence-electron chi connectivity index (χ2n) is 2.56. The van der Waals surface area contributed by atoms with E-state index in [0.717, 1.165) is 7.11 Å². The van der Waals surface area contributed by atoms with Crippen LogP contribution in [0.5, 0.6) is 0 Å². The van der Waals surface area contributed by atoms with E-state index in [9.17, 15) is 23.8 Å². The Morgan fingerprint density at radius 1 is 1.07 bits per heavy atom. The van der Waals surface area contributed by atoms with Crippen molar-refractivity contribution in [3.05, 3.63) is 0 Å². The molecule has 1 atom stereocenters. The summed E-state index contributed by atoms with van der Waals surface area (Å²) in [6.07, 6.45) is -0.552. The largest absolute Gasteiger partial charge is 3.00 e. The summed E-state index contributed by atoms with van der Waals surface area (Å²) < 4.78 is 25.0. The molecule has 0 aliphatic carbocycles. The molecule has 0 spiro atoms. The number of hydrogen-bond acceptors (Lipinski definition) is 6. The molecule has 9 heteroatoms. The van der Waals surface area contributed by atoms with Crippen LogP contribution in [0.3, 0.4) is 0 Å². The molecular formula is C5H11O6P3. The van der Waals surface area contributed by atoms with E-state index in [1.165, 1.54) is 0 Å². The van der Waals surface area contributed by atoms with Crippen LogP contribution >= 0.6 is 25.1 Å². The molecule has 0 saturated carbocycles. The second kappa shape index (κ2) is 7.08. The summed E-state index contributed by atoms with van der Waals surface area (Å²) in [5.74, 6) is 0. The minimum Gasteiger partial charge on any atom is -0.811 e. The summed E-state index contributed by atoms with van der Waals surface area (Å²) >= 11 is 0. The van der Waals surface area contributed by atoms with Gasteiger partial charge in [-0.1, -0.05) is 7.60 Å². The van der Waals surface area contributed by atoms with E-state index in [2.05, 4.69) is 4.52 Å². The van der Waals surface area contributed by atoms with Crippen LogP contribution in [0, 0.1) is 0 Å². The van der Waals surface area contributed by atoms with E-state index >= 15 is 0 Å². The molecule has 0 bridgehead atoms. The summed E-state index contributed by atoms with van der Waals surface area (Å²) in [6, 6.07) is 0. The molecule has 0 fully saturated rings. The van der Waals surface area contributed by atoms with Gasteiger partial charge >= 0.3 is 9.90 Å². The Bertz CT molecular complexity index is 236. The molecular weight excluding hydrogens is 249 g/mol. The average molecular weight is 260 g/mol. The van der Waals surface area contributed by atoms with Crippen molar-refractivity contribution in [3.8, 4) is 0 Å². The van der Waals surface area contributed by atoms with Crippen LogP contribution < -0.4 is 14.7 Å². The van der Waals surface area contributed by atoms with Crippen LogP contribution in [-0.4, -0.2) is 19.4 Å². The molecule has 0 aromatic carbocycles. The summed E-state index contributed by atoms with van der Waals surface area (Å²) in [7, 11) is -7.25. The molecule has 0 amide bonds. The molecule has 82 valence electrons. The van der Waals surface area contributed by atoms with Gasteiger partial charge in [-0.05, 0) is 19.0 Å². The quantitative estimate of drug-likeness (QED) is 0.480. The molecule has 0 rings (SSSR count). The van der Waals surface area contributed by atoms with E-state index in [4.69, 9.17) is 0 Å². The van der Waals surface area contributed by atoms with Gasteiger partial charge in [0.25, 0.3) is 0 Å². The molecule has 0 aliphatic heterocycles. The van der Waals surface area contributed by atoms with Crippen molar-refractivity contribution in [1.29, 1.82) is 0 Å². The second-order valence-corrected chi connectivity index (χ2v) is 6.26. The summed E-state index contributed by atoms with van der Waals surface area (Å²) in [5.41, 5.74) is 0. The van der Waals surface area contributed by atoms with Gasteiger partial charge in [-0.15, -0.1) is 0 Å². The van der Waals surface area contributed by atoms with Gasteiger partial charge in [-0.25, -0.2) is 0 Å². The minimum absolute atomic E-state index is 0. The normalized spacial score (nSPS) is 15.7. The number of hydrogen-bond donors (Lipinski definition) is 0. The summed E-state index contributed by atoms with van der Waals surface area (Å²) in [5, 5.41) is 0. The van der Waals surface area contributed by atoms with Crippen LogP contribution in [0.25, 0.3) is 0 Å². The Balaban J connectivity index is 0. The predicted molar refractivity (Wildman–Crippen MR) is 48.1 cm³/mol. The van der Waals surface area contributed by atoms with Crippen LogP contribution in [0.1, 0.15) is 12.8 Å². The number of rotatable bonds is 6. The molecule has 0 heterocycles. The van der Waals surface area contributed by atoms with Crippen molar-refractivity contribution in [2.24, 2.45) is 0 Å². The average Bonchev–Trinajstić information content (AvgIpc) is 1.97. The van der Waals surface area contributed by atoms with Crippen LogP contribution in [0.4, 0.5) is 0 Å². The smallest absolute Gasteiger partial charge is 0.811 e. The molecule has 2 radical (unpaired) electrons. The van der Waals surface area contributed by atoms with Crippen molar-refractivity contribution in [1.82, 2.24) is 0 Å². The Kier molecular flexibility index (Phi) is 8.66. The van der Waals surface area contributed by atoms with Crippen molar-refractivity contribution in [3.63, 3.8) is 0 Å². The molecule has 14 heavy (non-hydrogen) atoms. The molecule has 1 unspecified atom stereocenters. The van der Waals surface area contributed by atoms with Gasteiger partial charge in [-0.2, -0.15) is 0 Å². The maximum absolute atomic E-state index is 10.7. The van der Waals surface area contributed by atoms with Gasteiger partial charge in [0.15, 0.2) is 0 Å². The van der Waals surface area contributed by atoms with Gasteiger partial charge < -0.3 is 28.3 Å².